The van der Waals surface area contributed by atoms with Gasteiger partial charge in [0, 0.05) is 30.3 Å². The predicted molar refractivity (Wildman–Crippen MR) is 97.1 cm³/mol. The summed E-state index contributed by atoms with van der Waals surface area (Å²) in [6.45, 7) is 3.33. The van der Waals surface area contributed by atoms with Crippen molar-refractivity contribution in [2.24, 2.45) is 0 Å². The van der Waals surface area contributed by atoms with Gasteiger partial charge >= 0.3 is 11.6 Å². The second-order valence-corrected chi connectivity index (χ2v) is 6.37. The van der Waals surface area contributed by atoms with E-state index in [2.05, 4.69) is 0 Å². The molecule has 0 bridgehead atoms. The van der Waals surface area contributed by atoms with Gasteiger partial charge in [-0.25, -0.2) is 9.59 Å². The van der Waals surface area contributed by atoms with Gasteiger partial charge in [-0.1, -0.05) is 0 Å². The van der Waals surface area contributed by atoms with Crippen LogP contribution in [0.5, 0.6) is 0 Å². The van der Waals surface area contributed by atoms with E-state index >= 15 is 0 Å². The Morgan fingerprint density at radius 1 is 1.15 bits per heavy atom. The molecule has 0 unspecified atom stereocenters. The van der Waals surface area contributed by atoms with Crippen molar-refractivity contribution in [2.75, 3.05) is 18.1 Å². The molecule has 0 atom stereocenters. The van der Waals surface area contributed by atoms with Crippen LogP contribution in [-0.4, -0.2) is 30.8 Å². The summed E-state index contributed by atoms with van der Waals surface area (Å²) < 4.78 is 9.98. The van der Waals surface area contributed by atoms with Crippen molar-refractivity contribution in [3.8, 4) is 0 Å². The van der Waals surface area contributed by atoms with Gasteiger partial charge in [0.05, 0.1) is 0 Å². The first-order valence-electron chi connectivity index (χ1n) is 8.59. The SMILES string of the molecule is Cc1cc(=O)oc(C)c1C(=O)OCC(=O)c1ccc(N2CCCC2=O)cc1. The van der Waals surface area contributed by atoms with E-state index in [4.69, 9.17) is 9.15 Å². The number of rotatable bonds is 5. The lowest BCUT2D eigenvalue weighted by atomic mass is 10.1. The number of esters is 1. The minimum Gasteiger partial charge on any atom is -0.454 e. The molecule has 1 aromatic carbocycles. The number of hydrogen-bond acceptors (Lipinski definition) is 6. The molecule has 7 nitrogen and oxygen atoms in total. The number of carbonyl (C=O) groups excluding carboxylic acids is 3. The Bertz CT molecular complexity index is 931. The predicted octanol–water partition coefficient (Wildman–Crippen LogP) is 2.42. The lowest BCUT2D eigenvalue weighted by Crippen LogP contribution is -2.23. The zero-order valence-corrected chi connectivity index (χ0v) is 15.1. The zero-order chi connectivity index (χ0) is 19.6. The third kappa shape index (κ3) is 3.97. The van der Waals surface area contributed by atoms with Crippen LogP contribution in [-0.2, 0) is 9.53 Å². The molecule has 2 aromatic rings. The normalized spacial score (nSPS) is 13.7. The molecule has 2 heterocycles. The van der Waals surface area contributed by atoms with Gasteiger partial charge in [0.15, 0.2) is 12.4 Å². The fourth-order valence-corrected chi connectivity index (χ4v) is 3.10. The molecule has 0 radical (unpaired) electrons. The number of ketones is 1. The molecule has 140 valence electrons. The maximum absolute atomic E-state index is 12.3. The average Bonchev–Trinajstić information content (AvgIpc) is 3.05. The number of carbonyl (C=O) groups is 3. The summed E-state index contributed by atoms with van der Waals surface area (Å²) >= 11 is 0. The Morgan fingerprint density at radius 3 is 2.44 bits per heavy atom. The first-order valence-corrected chi connectivity index (χ1v) is 8.59. The number of nitrogens with zero attached hydrogens (tertiary/aromatic N) is 1. The standard InChI is InChI=1S/C20H19NO6/c1-12-10-18(24)27-13(2)19(12)20(25)26-11-16(22)14-5-7-15(8-6-14)21-9-3-4-17(21)23/h5-8,10H,3-4,9,11H2,1-2H3. The molecule has 1 saturated heterocycles. The van der Waals surface area contributed by atoms with Crippen LogP contribution in [0.25, 0.3) is 0 Å². The van der Waals surface area contributed by atoms with Gasteiger partial charge in [0.25, 0.3) is 0 Å². The molecule has 27 heavy (non-hydrogen) atoms. The summed E-state index contributed by atoms with van der Waals surface area (Å²) in [6, 6.07) is 7.82. The number of Topliss-reactive ketones (excluding diaryl/α,β-unsaturated/α-hetero) is 1. The van der Waals surface area contributed by atoms with E-state index in [9.17, 15) is 19.2 Å². The third-order valence-corrected chi connectivity index (χ3v) is 4.45. The van der Waals surface area contributed by atoms with E-state index < -0.39 is 18.2 Å². The molecule has 0 aliphatic carbocycles. The van der Waals surface area contributed by atoms with Gasteiger partial charge in [0.1, 0.15) is 11.3 Å². The first kappa shape index (κ1) is 18.6. The highest BCUT2D eigenvalue weighted by Gasteiger charge is 2.22. The van der Waals surface area contributed by atoms with Crippen molar-refractivity contribution < 1.29 is 23.5 Å². The van der Waals surface area contributed by atoms with Crippen LogP contribution in [0.4, 0.5) is 5.69 Å². The molecule has 7 heteroatoms. The highest BCUT2D eigenvalue weighted by atomic mass is 16.5. The fourth-order valence-electron chi connectivity index (χ4n) is 3.10. The van der Waals surface area contributed by atoms with Gasteiger partial charge in [0.2, 0.25) is 5.91 Å². The average molecular weight is 369 g/mol. The highest BCUT2D eigenvalue weighted by molar-refractivity contribution is 6.01. The smallest absolute Gasteiger partial charge is 0.342 e. The Labute approximate surface area is 155 Å². The van der Waals surface area contributed by atoms with Crippen LogP contribution in [0.1, 0.15) is 44.9 Å². The number of anilines is 1. The number of amides is 1. The molecule has 1 amide bonds. The summed E-state index contributed by atoms with van der Waals surface area (Å²) in [5.74, 6) is -0.864. The molecule has 1 fully saturated rings. The summed E-state index contributed by atoms with van der Waals surface area (Å²) in [7, 11) is 0. The van der Waals surface area contributed by atoms with Crippen molar-refractivity contribution >= 4 is 23.3 Å². The monoisotopic (exact) mass is 369 g/mol. The van der Waals surface area contributed by atoms with Crippen molar-refractivity contribution in [3.63, 3.8) is 0 Å². The van der Waals surface area contributed by atoms with Crippen molar-refractivity contribution in [1.82, 2.24) is 0 Å². The van der Waals surface area contributed by atoms with E-state index in [0.29, 0.717) is 24.1 Å². The lowest BCUT2D eigenvalue weighted by molar-refractivity contribution is -0.117. The topological polar surface area (TPSA) is 93.9 Å². The second kappa shape index (κ2) is 7.57. The molecule has 3 rings (SSSR count). The van der Waals surface area contributed by atoms with Crippen molar-refractivity contribution in [3.05, 3.63) is 63.2 Å². The summed E-state index contributed by atoms with van der Waals surface area (Å²) in [6.07, 6.45) is 1.36. The number of hydrogen-bond donors (Lipinski definition) is 0. The quantitative estimate of drug-likeness (QED) is 0.593. The minimum atomic E-state index is -0.721. The van der Waals surface area contributed by atoms with Crippen LogP contribution in [0.15, 0.2) is 39.5 Å². The van der Waals surface area contributed by atoms with E-state index in [1.807, 2.05) is 0 Å². The van der Waals surface area contributed by atoms with Crippen LogP contribution in [0.3, 0.4) is 0 Å². The van der Waals surface area contributed by atoms with Crippen LogP contribution >= 0.6 is 0 Å². The second-order valence-electron chi connectivity index (χ2n) is 6.37. The molecule has 1 aliphatic heterocycles. The number of aryl methyl sites for hydroxylation is 2. The van der Waals surface area contributed by atoms with Gasteiger partial charge in [-0.3, -0.25) is 9.59 Å². The zero-order valence-electron chi connectivity index (χ0n) is 15.1. The highest BCUT2D eigenvalue weighted by Crippen LogP contribution is 2.22. The maximum Gasteiger partial charge on any atom is 0.342 e. The lowest BCUT2D eigenvalue weighted by Gasteiger charge is -2.15. The Kier molecular flexibility index (Phi) is 5.21. The van der Waals surface area contributed by atoms with Crippen LogP contribution < -0.4 is 10.5 Å². The Hall–Kier alpha value is -3.22. The molecule has 0 spiro atoms. The summed E-state index contributed by atoms with van der Waals surface area (Å²) in [5.41, 5.74) is 1.16. The van der Waals surface area contributed by atoms with E-state index in [0.717, 1.165) is 12.1 Å². The number of benzene rings is 1. The van der Waals surface area contributed by atoms with E-state index in [-0.39, 0.29) is 23.0 Å². The molecule has 0 N–H and O–H groups in total. The van der Waals surface area contributed by atoms with Gasteiger partial charge in [-0.05, 0) is 50.1 Å². The van der Waals surface area contributed by atoms with Gasteiger partial charge in [-0.2, -0.15) is 0 Å². The third-order valence-electron chi connectivity index (χ3n) is 4.45. The van der Waals surface area contributed by atoms with E-state index in [1.165, 1.54) is 13.0 Å². The van der Waals surface area contributed by atoms with Gasteiger partial charge in [-0.15, -0.1) is 0 Å². The fraction of sp³-hybridized carbons (Fsp3) is 0.300. The molecule has 1 aromatic heterocycles. The molecule has 0 saturated carbocycles. The van der Waals surface area contributed by atoms with Crippen LogP contribution in [0, 0.1) is 13.8 Å². The van der Waals surface area contributed by atoms with E-state index in [1.54, 1.807) is 36.1 Å². The molecule has 1 aliphatic rings. The van der Waals surface area contributed by atoms with Crippen molar-refractivity contribution in [2.45, 2.75) is 26.7 Å². The number of ether oxygens (including phenoxy) is 1. The maximum atomic E-state index is 12.3. The van der Waals surface area contributed by atoms with Gasteiger partial charge < -0.3 is 14.1 Å². The molecular formula is C20H19NO6. The summed E-state index contributed by atoms with van der Waals surface area (Å²) in [4.78, 5) is 49.2. The van der Waals surface area contributed by atoms with Crippen LogP contribution in [0.2, 0.25) is 0 Å². The Morgan fingerprint density at radius 2 is 1.85 bits per heavy atom. The minimum absolute atomic E-state index is 0.0725. The Balaban J connectivity index is 1.65. The van der Waals surface area contributed by atoms with Crippen molar-refractivity contribution in [1.29, 1.82) is 0 Å². The summed E-state index contributed by atoms with van der Waals surface area (Å²) in [5, 5.41) is 0. The largest absolute Gasteiger partial charge is 0.454 e. The molecular weight excluding hydrogens is 350 g/mol. The first-order chi connectivity index (χ1) is 12.9.